The topological polar surface area (TPSA) is 24.4 Å². The van der Waals surface area contributed by atoms with Crippen LogP contribution in [0.5, 0.6) is 0 Å². The number of hydrogen-bond acceptors (Lipinski definition) is 2. The maximum Gasteiger partial charge on any atom is 0.157 e. The van der Waals surface area contributed by atoms with Gasteiger partial charge < -0.3 is 5.32 Å². The molecule has 1 aliphatic heterocycles. The van der Waals surface area contributed by atoms with Crippen LogP contribution in [0.2, 0.25) is 0 Å². The van der Waals surface area contributed by atoms with E-state index in [0.29, 0.717) is 12.1 Å². The molecule has 1 aromatic rings. The van der Waals surface area contributed by atoms with E-state index in [2.05, 4.69) is 10.3 Å². The minimum Gasteiger partial charge on any atom is -0.359 e. The third kappa shape index (κ3) is 2.53. The Morgan fingerprint density at radius 2 is 1.94 bits per heavy atom. The van der Waals surface area contributed by atoms with E-state index in [-0.39, 0.29) is 5.82 Å². The summed E-state index contributed by atoms with van der Waals surface area (Å²) in [6.07, 6.45) is 5.21. The van der Waals surface area contributed by atoms with Crippen molar-refractivity contribution >= 4 is 16.9 Å². The fourth-order valence-electron chi connectivity index (χ4n) is 2.66. The molecule has 1 heterocycles. The Balaban J connectivity index is 1.62. The first-order chi connectivity index (χ1) is 8.76. The molecular weight excluding hydrogens is 247 g/mol. The SMILES string of the molecule is Fc1ccc(CN=C2NC3(CCCC3)CS2)cc1. The molecule has 1 saturated carbocycles. The fraction of sp³-hybridized carbons (Fsp3) is 0.500. The number of thioether (sulfide) groups is 1. The maximum absolute atomic E-state index is 12.8. The molecule has 0 bridgehead atoms. The van der Waals surface area contributed by atoms with Gasteiger partial charge in [0.25, 0.3) is 0 Å². The van der Waals surface area contributed by atoms with Crippen LogP contribution >= 0.6 is 11.8 Å². The number of aliphatic imine (C=N–C) groups is 1. The van der Waals surface area contributed by atoms with E-state index >= 15 is 0 Å². The van der Waals surface area contributed by atoms with Crippen LogP contribution < -0.4 is 5.32 Å². The standard InChI is InChI=1S/C14H17FN2S/c15-12-5-3-11(4-6-12)9-16-13-17-14(10-18-13)7-1-2-8-14/h3-6H,1-2,7-10H2,(H,16,17). The first-order valence-corrected chi connectivity index (χ1v) is 7.44. The van der Waals surface area contributed by atoms with Crippen LogP contribution in [0.25, 0.3) is 0 Å². The molecule has 0 aromatic heterocycles. The smallest absolute Gasteiger partial charge is 0.157 e. The minimum atomic E-state index is -0.190. The van der Waals surface area contributed by atoms with Crippen molar-refractivity contribution in [3.05, 3.63) is 35.6 Å². The molecule has 1 N–H and O–H groups in total. The lowest BCUT2D eigenvalue weighted by atomic mass is 10.0. The minimum absolute atomic E-state index is 0.190. The molecule has 1 saturated heterocycles. The zero-order valence-electron chi connectivity index (χ0n) is 10.3. The van der Waals surface area contributed by atoms with Crippen molar-refractivity contribution < 1.29 is 4.39 Å². The van der Waals surface area contributed by atoms with Crippen molar-refractivity contribution in [2.45, 2.75) is 37.8 Å². The molecule has 1 aromatic carbocycles. The highest BCUT2D eigenvalue weighted by Crippen LogP contribution is 2.37. The molecule has 2 fully saturated rings. The van der Waals surface area contributed by atoms with Crippen LogP contribution in [0.3, 0.4) is 0 Å². The first kappa shape index (κ1) is 12.0. The van der Waals surface area contributed by atoms with Gasteiger partial charge in [-0.15, -0.1) is 0 Å². The molecule has 0 radical (unpaired) electrons. The number of benzene rings is 1. The highest BCUT2D eigenvalue weighted by Gasteiger charge is 2.39. The van der Waals surface area contributed by atoms with E-state index < -0.39 is 0 Å². The maximum atomic E-state index is 12.8. The Labute approximate surface area is 111 Å². The Morgan fingerprint density at radius 3 is 2.67 bits per heavy atom. The Hall–Kier alpha value is -1.03. The fourth-order valence-corrected chi connectivity index (χ4v) is 3.88. The van der Waals surface area contributed by atoms with E-state index in [1.54, 1.807) is 12.1 Å². The van der Waals surface area contributed by atoms with Gasteiger partial charge in [-0.3, -0.25) is 4.99 Å². The van der Waals surface area contributed by atoms with Gasteiger partial charge in [-0.2, -0.15) is 0 Å². The predicted octanol–water partition coefficient (Wildman–Crippen LogP) is 3.33. The van der Waals surface area contributed by atoms with E-state index in [1.165, 1.54) is 37.8 Å². The summed E-state index contributed by atoms with van der Waals surface area (Å²) in [6.45, 7) is 0.631. The second-order valence-electron chi connectivity index (χ2n) is 5.15. The average Bonchev–Trinajstić information content (AvgIpc) is 3.00. The third-order valence-electron chi connectivity index (χ3n) is 3.74. The second-order valence-corrected chi connectivity index (χ2v) is 6.11. The Bertz CT molecular complexity index is 449. The monoisotopic (exact) mass is 264 g/mol. The van der Waals surface area contributed by atoms with E-state index in [1.807, 2.05) is 11.8 Å². The van der Waals surface area contributed by atoms with Crippen LogP contribution in [0.4, 0.5) is 4.39 Å². The van der Waals surface area contributed by atoms with Crippen molar-refractivity contribution in [3.8, 4) is 0 Å². The summed E-state index contributed by atoms with van der Waals surface area (Å²) < 4.78 is 12.8. The molecule has 0 amide bonds. The molecule has 2 nitrogen and oxygen atoms in total. The van der Waals surface area contributed by atoms with Gasteiger partial charge in [-0.25, -0.2) is 4.39 Å². The third-order valence-corrected chi connectivity index (χ3v) is 4.94. The normalized spacial score (nSPS) is 23.7. The lowest BCUT2D eigenvalue weighted by Gasteiger charge is -2.21. The van der Waals surface area contributed by atoms with Crippen molar-refractivity contribution in [1.82, 2.24) is 5.32 Å². The number of amidine groups is 1. The molecule has 4 heteroatoms. The highest BCUT2D eigenvalue weighted by molar-refractivity contribution is 8.14. The molecule has 1 aliphatic carbocycles. The Morgan fingerprint density at radius 1 is 1.22 bits per heavy atom. The van der Waals surface area contributed by atoms with Gasteiger partial charge in [0, 0.05) is 11.3 Å². The van der Waals surface area contributed by atoms with Gasteiger partial charge in [-0.05, 0) is 30.5 Å². The van der Waals surface area contributed by atoms with Crippen LogP contribution in [0, 0.1) is 5.82 Å². The van der Waals surface area contributed by atoms with Gasteiger partial charge >= 0.3 is 0 Å². The summed E-state index contributed by atoms with van der Waals surface area (Å²) in [5, 5.41) is 4.64. The highest BCUT2D eigenvalue weighted by atomic mass is 32.2. The number of hydrogen-bond donors (Lipinski definition) is 1. The van der Waals surface area contributed by atoms with Crippen molar-refractivity contribution in [1.29, 1.82) is 0 Å². The zero-order valence-corrected chi connectivity index (χ0v) is 11.1. The molecule has 0 atom stereocenters. The van der Waals surface area contributed by atoms with Crippen LogP contribution in [0.15, 0.2) is 29.3 Å². The number of nitrogens with zero attached hydrogens (tertiary/aromatic N) is 1. The van der Waals surface area contributed by atoms with Crippen molar-refractivity contribution in [2.24, 2.45) is 4.99 Å². The van der Waals surface area contributed by atoms with Crippen LogP contribution in [-0.4, -0.2) is 16.5 Å². The molecule has 1 spiro atoms. The van der Waals surface area contributed by atoms with E-state index in [0.717, 1.165) is 16.5 Å². The first-order valence-electron chi connectivity index (χ1n) is 6.46. The molecule has 96 valence electrons. The molecular formula is C14H17FN2S. The number of halogens is 1. The van der Waals surface area contributed by atoms with Gasteiger partial charge in [0.05, 0.1) is 6.54 Å². The second kappa shape index (κ2) is 4.92. The van der Waals surface area contributed by atoms with Crippen LogP contribution in [-0.2, 0) is 6.54 Å². The summed E-state index contributed by atoms with van der Waals surface area (Å²) in [5.41, 5.74) is 1.38. The summed E-state index contributed by atoms with van der Waals surface area (Å²) >= 11 is 1.83. The van der Waals surface area contributed by atoms with E-state index in [9.17, 15) is 4.39 Å². The number of rotatable bonds is 2. The van der Waals surface area contributed by atoms with Crippen molar-refractivity contribution in [2.75, 3.05) is 5.75 Å². The van der Waals surface area contributed by atoms with Gasteiger partial charge in [0.2, 0.25) is 0 Å². The van der Waals surface area contributed by atoms with Gasteiger partial charge in [0.15, 0.2) is 5.17 Å². The lowest BCUT2D eigenvalue weighted by molar-refractivity contribution is 0.452. The predicted molar refractivity (Wildman–Crippen MR) is 74.3 cm³/mol. The van der Waals surface area contributed by atoms with E-state index in [4.69, 9.17) is 0 Å². The van der Waals surface area contributed by atoms with Crippen LogP contribution in [0.1, 0.15) is 31.2 Å². The average molecular weight is 264 g/mol. The summed E-state index contributed by atoms with van der Waals surface area (Å²) in [6, 6.07) is 6.57. The largest absolute Gasteiger partial charge is 0.359 e. The lowest BCUT2D eigenvalue weighted by Crippen LogP contribution is -2.40. The summed E-state index contributed by atoms with van der Waals surface area (Å²) in [4.78, 5) is 4.59. The molecule has 18 heavy (non-hydrogen) atoms. The zero-order chi connectivity index (χ0) is 12.4. The summed E-state index contributed by atoms with van der Waals surface area (Å²) in [7, 11) is 0. The Kier molecular flexibility index (Phi) is 3.29. The molecule has 2 aliphatic rings. The molecule has 0 unspecified atom stereocenters. The van der Waals surface area contributed by atoms with Crippen molar-refractivity contribution in [3.63, 3.8) is 0 Å². The van der Waals surface area contributed by atoms with Gasteiger partial charge in [-0.1, -0.05) is 36.7 Å². The number of nitrogens with one attached hydrogen (secondary N) is 1. The molecule has 3 rings (SSSR count). The quantitative estimate of drug-likeness (QED) is 0.886. The van der Waals surface area contributed by atoms with Gasteiger partial charge in [0.1, 0.15) is 5.82 Å². The summed E-state index contributed by atoms with van der Waals surface area (Å²) in [5.74, 6) is 0.958.